The van der Waals surface area contributed by atoms with Gasteiger partial charge in [0.05, 0.1) is 6.54 Å². The van der Waals surface area contributed by atoms with Crippen LogP contribution in [0.3, 0.4) is 0 Å². The number of nitrogens with one attached hydrogen (secondary N) is 1. The zero-order valence-corrected chi connectivity index (χ0v) is 12.1. The topological polar surface area (TPSA) is 49.4 Å². The summed E-state index contributed by atoms with van der Waals surface area (Å²) in [5.41, 5.74) is 0.365. The lowest BCUT2D eigenvalue weighted by Crippen LogP contribution is -2.43. The van der Waals surface area contributed by atoms with Crippen LogP contribution in [0, 0.1) is 5.41 Å². The Bertz CT molecular complexity index is 435. The molecule has 4 nitrogen and oxygen atoms in total. The number of hydrogen-bond donors (Lipinski definition) is 1. The lowest BCUT2D eigenvalue weighted by molar-refractivity contribution is -0.130. The van der Waals surface area contributed by atoms with Crippen molar-refractivity contribution in [2.75, 3.05) is 18.0 Å². The summed E-state index contributed by atoms with van der Waals surface area (Å²) in [5.74, 6) is -0.226. The number of nitrogens with zero attached hydrogens (tertiary/aromatic N) is 1. The molecule has 2 amide bonds. The lowest BCUT2D eigenvalue weighted by Gasteiger charge is -2.23. The summed E-state index contributed by atoms with van der Waals surface area (Å²) in [6.45, 7) is 7.98. The van der Waals surface area contributed by atoms with Crippen LogP contribution in [-0.4, -0.2) is 24.9 Å². The number of anilines is 1. The van der Waals surface area contributed by atoms with E-state index in [2.05, 4.69) is 5.32 Å². The fourth-order valence-electron chi connectivity index (χ4n) is 1.63. The standard InChI is InChI=1S/C15H22N2O2/c1-5-17(12-9-7-6-8-10-12)13(18)11-16-14(19)15(2,3)4/h6-10H,5,11H2,1-4H3,(H,16,19). The second kappa shape index (κ2) is 6.36. The second-order valence-electron chi connectivity index (χ2n) is 5.41. The third-order valence-corrected chi connectivity index (χ3v) is 2.77. The first-order valence-electron chi connectivity index (χ1n) is 6.50. The monoisotopic (exact) mass is 262 g/mol. The van der Waals surface area contributed by atoms with Gasteiger partial charge in [-0.1, -0.05) is 39.0 Å². The minimum Gasteiger partial charge on any atom is -0.347 e. The highest BCUT2D eigenvalue weighted by atomic mass is 16.2. The molecular formula is C15H22N2O2. The highest BCUT2D eigenvalue weighted by molar-refractivity contribution is 5.97. The molecule has 0 saturated carbocycles. The van der Waals surface area contributed by atoms with E-state index in [9.17, 15) is 9.59 Å². The van der Waals surface area contributed by atoms with Crippen molar-refractivity contribution in [3.63, 3.8) is 0 Å². The Hall–Kier alpha value is -1.84. The van der Waals surface area contributed by atoms with Gasteiger partial charge in [-0.2, -0.15) is 0 Å². The Morgan fingerprint density at radius 2 is 1.74 bits per heavy atom. The van der Waals surface area contributed by atoms with Crippen LogP contribution in [-0.2, 0) is 9.59 Å². The van der Waals surface area contributed by atoms with Crippen molar-refractivity contribution >= 4 is 17.5 Å². The third kappa shape index (κ3) is 4.39. The molecule has 0 aromatic heterocycles. The quantitative estimate of drug-likeness (QED) is 0.904. The van der Waals surface area contributed by atoms with Gasteiger partial charge in [0.25, 0.3) is 0 Å². The average molecular weight is 262 g/mol. The van der Waals surface area contributed by atoms with Gasteiger partial charge in [-0.25, -0.2) is 0 Å². The molecule has 0 atom stereocenters. The second-order valence-corrected chi connectivity index (χ2v) is 5.41. The maximum atomic E-state index is 12.1. The molecule has 0 bridgehead atoms. The summed E-state index contributed by atoms with van der Waals surface area (Å²) in [7, 11) is 0. The Labute approximate surface area is 114 Å². The SMILES string of the molecule is CCN(C(=O)CNC(=O)C(C)(C)C)c1ccccc1. The van der Waals surface area contributed by atoms with Crippen LogP contribution in [0.1, 0.15) is 27.7 Å². The molecule has 0 unspecified atom stereocenters. The molecule has 0 saturated heterocycles. The molecule has 0 heterocycles. The number of rotatable bonds is 4. The van der Waals surface area contributed by atoms with Crippen LogP contribution in [0.4, 0.5) is 5.69 Å². The van der Waals surface area contributed by atoms with Crippen LogP contribution >= 0.6 is 0 Å². The molecule has 19 heavy (non-hydrogen) atoms. The fourth-order valence-corrected chi connectivity index (χ4v) is 1.63. The van der Waals surface area contributed by atoms with Crippen LogP contribution < -0.4 is 10.2 Å². The number of benzene rings is 1. The fraction of sp³-hybridized carbons (Fsp3) is 0.467. The van der Waals surface area contributed by atoms with Gasteiger partial charge in [0.15, 0.2) is 0 Å². The summed E-state index contributed by atoms with van der Waals surface area (Å²) >= 11 is 0. The van der Waals surface area contributed by atoms with Gasteiger partial charge >= 0.3 is 0 Å². The molecule has 0 aliphatic carbocycles. The number of carbonyl (C=O) groups is 2. The molecule has 0 aliphatic heterocycles. The van der Waals surface area contributed by atoms with E-state index < -0.39 is 5.41 Å². The van der Waals surface area contributed by atoms with Gasteiger partial charge in [-0.05, 0) is 19.1 Å². The highest BCUT2D eigenvalue weighted by Crippen LogP contribution is 2.14. The predicted molar refractivity (Wildman–Crippen MR) is 76.9 cm³/mol. The Morgan fingerprint density at radius 1 is 1.16 bits per heavy atom. The Balaban J connectivity index is 2.64. The molecule has 1 N–H and O–H groups in total. The summed E-state index contributed by atoms with van der Waals surface area (Å²) in [6, 6.07) is 9.45. The lowest BCUT2D eigenvalue weighted by atomic mass is 9.96. The van der Waals surface area contributed by atoms with Gasteiger partial charge in [0.1, 0.15) is 0 Å². The first-order valence-corrected chi connectivity index (χ1v) is 6.50. The summed E-state index contributed by atoms with van der Waals surface area (Å²) < 4.78 is 0. The zero-order chi connectivity index (χ0) is 14.5. The van der Waals surface area contributed by atoms with Crippen LogP contribution in [0.2, 0.25) is 0 Å². The normalized spacial score (nSPS) is 10.9. The minimum absolute atomic E-state index is 0.0266. The summed E-state index contributed by atoms with van der Waals surface area (Å²) in [6.07, 6.45) is 0. The summed E-state index contributed by atoms with van der Waals surface area (Å²) in [5, 5.41) is 2.68. The maximum absolute atomic E-state index is 12.1. The van der Waals surface area contributed by atoms with Crippen molar-refractivity contribution < 1.29 is 9.59 Å². The molecule has 104 valence electrons. The van der Waals surface area contributed by atoms with Gasteiger partial charge in [-0.3, -0.25) is 9.59 Å². The van der Waals surface area contributed by atoms with E-state index in [-0.39, 0.29) is 18.4 Å². The smallest absolute Gasteiger partial charge is 0.246 e. The Kier molecular flexibility index (Phi) is 5.10. The molecule has 1 rings (SSSR count). The van der Waals surface area contributed by atoms with Crippen molar-refractivity contribution in [2.24, 2.45) is 5.41 Å². The number of carbonyl (C=O) groups excluding carboxylic acids is 2. The summed E-state index contributed by atoms with van der Waals surface area (Å²) in [4.78, 5) is 25.5. The van der Waals surface area contributed by atoms with E-state index in [0.29, 0.717) is 6.54 Å². The molecule has 1 aromatic carbocycles. The van der Waals surface area contributed by atoms with Gasteiger partial charge < -0.3 is 10.2 Å². The average Bonchev–Trinajstić information content (AvgIpc) is 2.37. The first-order chi connectivity index (χ1) is 8.86. The van der Waals surface area contributed by atoms with Crippen molar-refractivity contribution in [1.29, 1.82) is 0 Å². The van der Waals surface area contributed by atoms with Crippen molar-refractivity contribution in [2.45, 2.75) is 27.7 Å². The van der Waals surface area contributed by atoms with E-state index in [1.165, 1.54) is 0 Å². The number of likely N-dealkylation sites (N-methyl/N-ethyl adjacent to an activating group) is 1. The molecular weight excluding hydrogens is 240 g/mol. The third-order valence-electron chi connectivity index (χ3n) is 2.77. The van der Waals surface area contributed by atoms with Crippen molar-refractivity contribution in [1.82, 2.24) is 5.32 Å². The molecule has 0 radical (unpaired) electrons. The molecule has 0 fully saturated rings. The van der Waals surface area contributed by atoms with E-state index in [4.69, 9.17) is 0 Å². The highest BCUT2D eigenvalue weighted by Gasteiger charge is 2.22. The van der Waals surface area contributed by atoms with Crippen LogP contribution in [0.25, 0.3) is 0 Å². The van der Waals surface area contributed by atoms with Crippen LogP contribution in [0.5, 0.6) is 0 Å². The minimum atomic E-state index is -0.482. The van der Waals surface area contributed by atoms with Crippen molar-refractivity contribution in [3.8, 4) is 0 Å². The predicted octanol–water partition coefficient (Wildman–Crippen LogP) is 2.20. The zero-order valence-electron chi connectivity index (χ0n) is 12.1. The van der Waals surface area contributed by atoms with E-state index in [1.807, 2.05) is 58.0 Å². The Morgan fingerprint density at radius 3 is 2.21 bits per heavy atom. The number of amides is 2. The number of hydrogen-bond acceptors (Lipinski definition) is 2. The largest absolute Gasteiger partial charge is 0.347 e. The van der Waals surface area contributed by atoms with Gasteiger partial charge in [-0.15, -0.1) is 0 Å². The van der Waals surface area contributed by atoms with E-state index in [1.54, 1.807) is 4.90 Å². The first kappa shape index (κ1) is 15.2. The number of para-hydroxylation sites is 1. The van der Waals surface area contributed by atoms with Crippen molar-refractivity contribution in [3.05, 3.63) is 30.3 Å². The molecule has 0 spiro atoms. The van der Waals surface area contributed by atoms with Crippen LogP contribution in [0.15, 0.2) is 30.3 Å². The van der Waals surface area contributed by atoms with E-state index in [0.717, 1.165) is 5.69 Å². The molecule has 0 aliphatic rings. The molecule has 1 aromatic rings. The van der Waals surface area contributed by atoms with Gasteiger partial charge in [0, 0.05) is 17.6 Å². The van der Waals surface area contributed by atoms with Gasteiger partial charge in [0.2, 0.25) is 11.8 Å². The molecule has 4 heteroatoms. The maximum Gasteiger partial charge on any atom is 0.246 e. The van der Waals surface area contributed by atoms with E-state index >= 15 is 0 Å².